The van der Waals surface area contributed by atoms with Crippen LogP contribution in [0.5, 0.6) is 0 Å². The number of hydrogen-bond donors (Lipinski definition) is 1. The summed E-state index contributed by atoms with van der Waals surface area (Å²) in [5, 5.41) is 3.72. The molecular weight excluding hydrogens is 236 g/mol. The highest BCUT2D eigenvalue weighted by Gasteiger charge is 2.38. The molecule has 2 bridgehead atoms. The molecule has 4 heteroatoms. The Morgan fingerprint density at radius 1 is 1.26 bits per heavy atom. The number of anilines is 2. The van der Waals surface area contributed by atoms with Gasteiger partial charge in [0.1, 0.15) is 0 Å². The molecule has 3 heterocycles. The molecule has 0 spiro atoms. The van der Waals surface area contributed by atoms with Gasteiger partial charge in [0.05, 0.1) is 17.6 Å². The van der Waals surface area contributed by atoms with Crippen molar-refractivity contribution in [3.8, 4) is 0 Å². The molecule has 2 aliphatic rings. The van der Waals surface area contributed by atoms with E-state index in [2.05, 4.69) is 47.3 Å². The molecule has 0 aliphatic carbocycles. The summed E-state index contributed by atoms with van der Waals surface area (Å²) in [6.45, 7) is 0. The fraction of sp³-hybridized carbons (Fsp3) is 0.667. The molecule has 104 valence electrons. The molecule has 0 saturated carbocycles. The summed E-state index contributed by atoms with van der Waals surface area (Å²) in [7, 11) is 6.45. The largest absolute Gasteiger partial charge is 0.379 e. The average molecular weight is 260 g/mol. The molecule has 4 nitrogen and oxygen atoms in total. The van der Waals surface area contributed by atoms with Gasteiger partial charge in [0.15, 0.2) is 0 Å². The van der Waals surface area contributed by atoms with Gasteiger partial charge in [-0.3, -0.25) is 4.98 Å². The summed E-state index contributed by atoms with van der Waals surface area (Å²) in [5.41, 5.74) is 2.39. The van der Waals surface area contributed by atoms with Gasteiger partial charge in [-0.15, -0.1) is 0 Å². The summed E-state index contributed by atoms with van der Waals surface area (Å²) in [6.07, 6.45) is 9.07. The third-order valence-electron chi connectivity index (χ3n) is 4.74. The van der Waals surface area contributed by atoms with Gasteiger partial charge in [-0.05, 0) is 38.8 Å². The molecule has 0 amide bonds. The van der Waals surface area contributed by atoms with Crippen molar-refractivity contribution >= 4 is 11.4 Å². The van der Waals surface area contributed by atoms with Gasteiger partial charge in [0.2, 0.25) is 0 Å². The van der Waals surface area contributed by atoms with E-state index in [0.717, 1.165) is 12.1 Å². The van der Waals surface area contributed by atoms with Crippen LogP contribution in [0.3, 0.4) is 0 Å². The van der Waals surface area contributed by atoms with Crippen LogP contribution >= 0.6 is 0 Å². The first kappa shape index (κ1) is 12.7. The third-order valence-corrected chi connectivity index (χ3v) is 4.74. The molecule has 1 aromatic heterocycles. The van der Waals surface area contributed by atoms with Crippen molar-refractivity contribution in [2.45, 2.75) is 43.8 Å². The van der Waals surface area contributed by atoms with Crippen LogP contribution in [0.4, 0.5) is 11.4 Å². The van der Waals surface area contributed by atoms with Crippen LogP contribution in [0, 0.1) is 0 Å². The number of aromatic nitrogens is 1. The van der Waals surface area contributed by atoms with Crippen molar-refractivity contribution in [1.29, 1.82) is 0 Å². The molecule has 1 N–H and O–H groups in total. The zero-order chi connectivity index (χ0) is 13.4. The Balaban J connectivity index is 1.73. The number of fused-ring (bicyclic) bond motifs is 2. The summed E-state index contributed by atoms with van der Waals surface area (Å²) < 4.78 is 0. The number of nitrogens with one attached hydrogen (secondary N) is 1. The monoisotopic (exact) mass is 260 g/mol. The Hall–Kier alpha value is -1.29. The molecule has 0 radical (unpaired) electrons. The first-order valence-corrected chi connectivity index (χ1v) is 7.25. The van der Waals surface area contributed by atoms with Crippen molar-refractivity contribution in [1.82, 2.24) is 9.88 Å². The smallest absolute Gasteiger partial charge is 0.0766 e. The van der Waals surface area contributed by atoms with Gasteiger partial charge in [-0.25, -0.2) is 0 Å². The topological polar surface area (TPSA) is 31.4 Å². The molecule has 19 heavy (non-hydrogen) atoms. The van der Waals surface area contributed by atoms with Crippen molar-refractivity contribution < 1.29 is 0 Å². The third kappa shape index (κ3) is 2.41. The minimum Gasteiger partial charge on any atom is -0.379 e. The molecular formula is C15H24N4. The Bertz CT molecular complexity index is 432. The van der Waals surface area contributed by atoms with Gasteiger partial charge in [-0.2, -0.15) is 0 Å². The number of rotatable bonds is 3. The highest BCUT2D eigenvalue weighted by molar-refractivity contribution is 5.68. The molecule has 0 aromatic carbocycles. The van der Waals surface area contributed by atoms with Crippen LogP contribution in [0.15, 0.2) is 18.5 Å². The second-order valence-corrected chi connectivity index (χ2v) is 6.15. The maximum atomic E-state index is 4.26. The predicted octanol–water partition coefficient (Wildman–Crippen LogP) is 2.18. The molecule has 2 unspecified atom stereocenters. The standard InChI is InChI=1S/C15H24N4/c1-18(2)15-6-7-16-10-14(15)17-11-8-12-4-5-13(9-11)19(12)3/h6-7,10-13,17H,4-5,8-9H2,1-3H3. The Morgan fingerprint density at radius 2 is 1.95 bits per heavy atom. The fourth-order valence-corrected chi connectivity index (χ4v) is 3.64. The number of hydrogen-bond acceptors (Lipinski definition) is 4. The minimum atomic E-state index is 0.594. The zero-order valence-corrected chi connectivity index (χ0v) is 12.1. The van der Waals surface area contributed by atoms with Crippen LogP contribution in [0.25, 0.3) is 0 Å². The van der Waals surface area contributed by atoms with E-state index in [0.29, 0.717) is 6.04 Å². The zero-order valence-electron chi connectivity index (χ0n) is 12.1. The van der Waals surface area contributed by atoms with E-state index in [1.807, 2.05) is 12.4 Å². The van der Waals surface area contributed by atoms with Crippen LogP contribution in [0.1, 0.15) is 25.7 Å². The van der Waals surface area contributed by atoms with E-state index in [-0.39, 0.29) is 0 Å². The van der Waals surface area contributed by atoms with E-state index in [1.54, 1.807) is 0 Å². The fourth-order valence-electron chi connectivity index (χ4n) is 3.64. The summed E-state index contributed by atoms with van der Waals surface area (Å²) >= 11 is 0. The molecule has 1 aromatic rings. The molecule has 2 atom stereocenters. The van der Waals surface area contributed by atoms with Gasteiger partial charge in [0, 0.05) is 38.4 Å². The van der Waals surface area contributed by atoms with Gasteiger partial charge < -0.3 is 15.1 Å². The van der Waals surface area contributed by atoms with Crippen molar-refractivity contribution in [3.05, 3.63) is 18.5 Å². The number of piperidine rings is 1. The van der Waals surface area contributed by atoms with Crippen molar-refractivity contribution in [2.75, 3.05) is 31.4 Å². The Morgan fingerprint density at radius 3 is 2.58 bits per heavy atom. The van der Waals surface area contributed by atoms with Gasteiger partial charge >= 0.3 is 0 Å². The molecule has 3 rings (SSSR count). The second-order valence-electron chi connectivity index (χ2n) is 6.15. The second kappa shape index (κ2) is 5.00. The lowest BCUT2D eigenvalue weighted by atomic mass is 9.98. The van der Waals surface area contributed by atoms with Crippen molar-refractivity contribution in [2.24, 2.45) is 0 Å². The minimum absolute atomic E-state index is 0.594. The predicted molar refractivity (Wildman–Crippen MR) is 79.8 cm³/mol. The van der Waals surface area contributed by atoms with Gasteiger partial charge in [-0.1, -0.05) is 0 Å². The first-order valence-electron chi connectivity index (χ1n) is 7.25. The summed E-state index contributed by atoms with van der Waals surface area (Å²) in [4.78, 5) is 8.99. The van der Waals surface area contributed by atoms with E-state index in [4.69, 9.17) is 0 Å². The van der Waals surface area contributed by atoms with Crippen molar-refractivity contribution in [3.63, 3.8) is 0 Å². The first-order chi connectivity index (χ1) is 9.15. The maximum Gasteiger partial charge on any atom is 0.0766 e. The van der Waals surface area contributed by atoms with E-state index >= 15 is 0 Å². The molecule has 2 aliphatic heterocycles. The van der Waals surface area contributed by atoms with Crippen LogP contribution < -0.4 is 10.2 Å². The lowest BCUT2D eigenvalue weighted by molar-refractivity contribution is 0.169. The highest BCUT2D eigenvalue weighted by Crippen LogP contribution is 2.36. The van der Waals surface area contributed by atoms with Crippen LogP contribution in [-0.4, -0.2) is 49.2 Å². The van der Waals surface area contributed by atoms with Crippen LogP contribution in [-0.2, 0) is 0 Å². The average Bonchev–Trinajstić information content (AvgIpc) is 2.63. The van der Waals surface area contributed by atoms with E-state index in [1.165, 1.54) is 37.1 Å². The Labute approximate surface area is 115 Å². The van der Waals surface area contributed by atoms with Gasteiger partial charge in [0.25, 0.3) is 0 Å². The van der Waals surface area contributed by atoms with E-state index < -0.39 is 0 Å². The Kier molecular flexibility index (Phi) is 3.35. The van der Waals surface area contributed by atoms with Crippen LogP contribution in [0.2, 0.25) is 0 Å². The summed E-state index contributed by atoms with van der Waals surface area (Å²) in [5.74, 6) is 0. The molecule has 2 fully saturated rings. The lowest BCUT2D eigenvalue weighted by Gasteiger charge is -2.37. The lowest BCUT2D eigenvalue weighted by Crippen LogP contribution is -2.44. The number of nitrogens with zero attached hydrogens (tertiary/aromatic N) is 3. The SMILES string of the molecule is CN(C)c1ccncc1NC1CC2CCC(C1)N2C. The highest BCUT2D eigenvalue weighted by atomic mass is 15.2. The maximum absolute atomic E-state index is 4.26. The molecule has 2 saturated heterocycles. The van der Waals surface area contributed by atoms with E-state index in [9.17, 15) is 0 Å². The number of pyridine rings is 1. The quantitative estimate of drug-likeness (QED) is 0.902. The normalized spacial score (nSPS) is 30.4. The summed E-state index contributed by atoms with van der Waals surface area (Å²) in [6, 6.07) is 4.22.